The number of hydrogen-bond acceptors (Lipinski definition) is 8. The number of aliphatic hydroxyl groups is 3. The lowest BCUT2D eigenvalue weighted by atomic mass is 9.97. The van der Waals surface area contributed by atoms with Crippen molar-refractivity contribution in [2.24, 2.45) is 0 Å². The Kier molecular flexibility index (Phi) is 7.04. The summed E-state index contributed by atoms with van der Waals surface area (Å²) in [5, 5.41) is 40.8. The number of hydrogen-bond donors (Lipinski definition) is 3. The van der Waals surface area contributed by atoms with Gasteiger partial charge in [-0.25, -0.2) is 4.68 Å². The molecule has 0 amide bonds. The number of pyridine rings is 1. The van der Waals surface area contributed by atoms with Crippen molar-refractivity contribution in [3.63, 3.8) is 0 Å². The molecule has 5 atom stereocenters. The van der Waals surface area contributed by atoms with Crippen molar-refractivity contribution in [2.45, 2.75) is 34.7 Å². The highest BCUT2D eigenvalue weighted by Gasteiger charge is 2.46. The van der Waals surface area contributed by atoms with Gasteiger partial charge >= 0.3 is 0 Å². The first-order valence-corrected chi connectivity index (χ1v) is 11.2. The van der Waals surface area contributed by atoms with Gasteiger partial charge in [-0.15, -0.1) is 5.10 Å². The average molecular weight is 504 g/mol. The molecule has 1 aliphatic heterocycles. The highest BCUT2D eigenvalue weighted by atomic mass is 35.5. The van der Waals surface area contributed by atoms with Crippen molar-refractivity contribution in [1.82, 2.24) is 20.0 Å². The van der Waals surface area contributed by atoms with Gasteiger partial charge in [-0.2, -0.15) is 0 Å². The average Bonchev–Trinajstić information content (AvgIpc) is 3.22. The smallest absolute Gasteiger partial charge is 0.136 e. The van der Waals surface area contributed by atoms with Gasteiger partial charge in [0.1, 0.15) is 35.5 Å². The molecule has 3 heterocycles. The summed E-state index contributed by atoms with van der Waals surface area (Å²) in [6, 6.07) is 5.79. The minimum Gasteiger partial charge on any atom is -0.394 e. The third-order valence-corrected chi connectivity index (χ3v) is 6.90. The van der Waals surface area contributed by atoms with E-state index in [2.05, 4.69) is 15.3 Å². The van der Waals surface area contributed by atoms with Gasteiger partial charge in [0.05, 0.1) is 27.9 Å². The van der Waals surface area contributed by atoms with Crippen molar-refractivity contribution in [1.29, 1.82) is 0 Å². The van der Waals surface area contributed by atoms with Gasteiger partial charge in [0.2, 0.25) is 0 Å². The van der Waals surface area contributed by atoms with Crippen LogP contribution in [0.15, 0.2) is 47.8 Å². The normalized spacial score (nSPS) is 26.2. The van der Waals surface area contributed by atoms with Crippen LogP contribution < -0.4 is 0 Å². The third kappa shape index (κ3) is 4.84. The first-order valence-electron chi connectivity index (χ1n) is 9.14. The number of rotatable bonds is 5. The zero-order valence-electron chi connectivity index (χ0n) is 15.7. The van der Waals surface area contributed by atoms with E-state index in [4.69, 9.17) is 39.5 Å². The number of nitrogens with zero attached hydrogens (tertiary/aromatic N) is 4. The van der Waals surface area contributed by atoms with Crippen molar-refractivity contribution in [3.05, 3.63) is 57.9 Å². The molecule has 3 N–H and O–H groups in total. The molecule has 12 heteroatoms. The van der Waals surface area contributed by atoms with Crippen LogP contribution in [0.4, 0.5) is 0 Å². The lowest BCUT2D eigenvalue weighted by molar-refractivity contribution is -0.178. The van der Waals surface area contributed by atoms with Crippen molar-refractivity contribution < 1.29 is 20.1 Å². The molecule has 2 aromatic heterocycles. The Balaban J connectivity index is 1.62. The molecule has 0 spiro atoms. The number of aliphatic hydroxyl groups excluding tert-OH is 3. The number of benzene rings is 1. The molecule has 8 nitrogen and oxygen atoms in total. The summed E-state index contributed by atoms with van der Waals surface area (Å²) in [7, 11) is 0. The van der Waals surface area contributed by atoms with Crippen LogP contribution in [0.3, 0.4) is 0 Å². The van der Waals surface area contributed by atoms with Crippen molar-refractivity contribution in [2.75, 3.05) is 6.61 Å². The number of thioether (sulfide) groups is 1. The summed E-state index contributed by atoms with van der Waals surface area (Å²) < 4.78 is 7.10. The highest BCUT2D eigenvalue weighted by molar-refractivity contribution is 7.99. The minimum atomic E-state index is -1.22. The van der Waals surface area contributed by atoms with Crippen LogP contribution in [0.25, 0.3) is 11.3 Å². The van der Waals surface area contributed by atoms with Crippen LogP contribution in [0.2, 0.25) is 15.1 Å². The maximum absolute atomic E-state index is 11.0. The number of ether oxygens (including phenoxy) is 1. The Morgan fingerprint density at radius 1 is 1.06 bits per heavy atom. The van der Waals surface area contributed by atoms with E-state index in [0.29, 0.717) is 31.2 Å². The molecule has 0 saturated carbocycles. The van der Waals surface area contributed by atoms with Crippen molar-refractivity contribution in [3.8, 4) is 11.3 Å². The topological polar surface area (TPSA) is 114 Å². The Labute approximate surface area is 196 Å². The molecule has 1 saturated heterocycles. The van der Waals surface area contributed by atoms with Gasteiger partial charge in [0.25, 0.3) is 0 Å². The maximum atomic E-state index is 11.0. The van der Waals surface area contributed by atoms with Gasteiger partial charge in [-0.05, 0) is 24.3 Å². The van der Waals surface area contributed by atoms with Gasteiger partial charge in [-0.3, -0.25) is 4.98 Å². The molecule has 3 aromatic rings. The van der Waals surface area contributed by atoms with Crippen LogP contribution in [-0.4, -0.2) is 65.7 Å². The Morgan fingerprint density at radius 2 is 1.87 bits per heavy atom. The van der Waals surface area contributed by atoms with Gasteiger partial charge in [0.15, 0.2) is 0 Å². The van der Waals surface area contributed by atoms with E-state index in [9.17, 15) is 15.3 Å². The van der Waals surface area contributed by atoms with E-state index < -0.39 is 36.4 Å². The predicted octanol–water partition coefficient (Wildman–Crippen LogP) is 3.07. The summed E-state index contributed by atoms with van der Waals surface area (Å²) in [6.45, 7) is -0.442. The Bertz CT molecular complexity index is 1070. The SMILES string of the molecule is OCC1O[C@H](Sc2ccc(Cl)c(Cl)c2)C(O)C(n2cc(-c3cncc(Cl)c3)nn2)[C@H]1O. The summed E-state index contributed by atoms with van der Waals surface area (Å²) in [5.74, 6) is 0. The second-order valence-corrected chi connectivity index (χ2v) is 9.29. The monoisotopic (exact) mass is 502 g/mol. The lowest BCUT2D eigenvalue weighted by Gasteiger charge is -2.41. The van der Waals surface area contributed by atoms with E-state index in [1.165, 1.54) is 22.6 Å². The zero-order chi connectivity index (χ0) is 22.1. The van der Waals surface area contributed by atoms with Gasteiger partial charge < -0.3 is 20.1 Å². The van der Waals surface area contributed by atoms with Crippen LogP contribution >= 0.6 is 46.6 Å². The van der Waals surface area contributed by atoms with E-state index in [1.54, 1.807) is 36.7 Å². The summed E-state index contributed by atoms with van der Waals surface area (Å²) in [4.78, 5) is 4.73. The minimum absolute atomic E-state index is 0.364. The Morgan fingerprint density at radius 3 is 2.58 bits per heavy atom. The first-order chi connectivity index (χ1) is 14.9. The number of halogens is 3. The van der Waals surface area contributed by atoms with Crippen molar-refractivity contribution >= 4 is 46.6 Å². The standard InChI is InChI=1S/C19H17Cl3N4O4S/c20-10-3-9(5-23-6-10)14-7-26(25-24-14)16-17(28)15(8-27)30-19(18(16)29)31-11-1-2-12(21)13(22)4-11/h1-7,15-19,27-29H,8H2/t15?,16?,17-,18?,19+/m0/s1. The highest BCUT2D eigenvalue weighted by Crippen LogP contribution is 2.39. The predicted molar refractivity (Wildman–Crippen MR) is 117 cm³/mol. The maximum Gasteiger partial charge on any atom is 0.136 e. The van der Waals surface area contributed by atoms with E-state index >= 15 is 0 Å². The Hall–Kier alpha value is -1.43. The van der Waals surface area contributed by atoms with Crippen LogP contribution in [0.5, 0.6) is 0 Å². The van der Waals surface area contributed by atoms with E-state index in [0.717, 1.165) is 0 Å². The lowest BCUT2D eigenvalue weighted by Crippen LogP contribution is -2.55. The van der Waals surface area contributed by atoms with E-state index in [1.807, 2.05) is 0 Å². The second-order valence-electron chi connectivity index (χ2n) is 6.87. The fourth-order valence-electron chi connectivity index (χ4n) is 3.27. The summed E-state index contributed by atoms with van der Waals surface area (Å²) in [6.07, 6.45) is 1.32. The van der Waals surface area contributed by atoms with Crippen LogP contribution in [0.1, 0.15) is 6.04 Å². The molecule has 164 valence electrons. The molecule has 4 rings (SSSR count). The van der Waals surface area contributed by atoms with Crippen LogP contribution in [0, 0.1) is 0 Å². The molecule has 0 aliphatic carbocycles. The quantitative estimate of drug-likeness (QED) is 0.487. The fourth-order valence-corrected chi connectivity index (χ4v) is 4.90. The molecular weight excluding hydrogens is 487 g/mol. The summed E-state index contributed by atoms with van der Waals surface area (Å²) >= 11 is 19.2. The molecular formula is C19H17Cl3N4O4S. The largest absolute Gasteiger partial charge is 0.394 e. The molecule has 3 unspecified atom stereocenters. The first kappa shape index (κ1) is 22.8. The second kappa shape index (κ2) is 9.60. The summed E-state index contributed by atoms with van der Waals surface area (Å²) in [5.41, 5.74) is 0.286. The molecule has 0 radical (unpaired) electrons. The third-order valence-electron chi connectivity index (χ3n) is 4.81. The molecule has 31 heavy (non-hydrogen) atoms. The van der Waals surface area contributed by atoms with Gasteiger partial charge in [0, 0.05) is 22.9 Å². The van der Waals surface area contributed by atoms with E-state index in [-0.39, 0.29) is 0 Å². The molecule has 1 fully saturated rings. The molecule has 1 aromatic carbocycles. The fraction of sp³-hybridized carbons (Fsp3) is 0.316. The zero-order valence-corrected chi connectivity index (χ0v) is 18.8. The molecule has 1 aliphatic rings. The number of aromatic nitrogens is 4. The molecule has 0 bridgehead atoms. The van der Waals surface area contributed by atoms with Crippen LogP contribution in [-0.2, 0) is 4.74 Å². The van der Waals surface area contributed by atoms with Gasteiger partial charge in [-0.1, -0.05) is 51.8 Å².